The molecule has 1 fully saturated rings. The Hall–Kier alpha value is -0.910. The summed E-state index contributed by atoms with van der Waals surface area (Å²) in [4.78, 5) is 32.0. The second-order valence-electron chi connectivity index (χ2n) is 3.78. The van der Waals surface area contributed by atoms with Gasteiger partial charge in [0.05, 0.1) is 6.42 Å². The second-order valence-corrected chi connectivity index (χ2v) is 6.37. The molecule has 0 saturated carbocycles. The van der Waals surface area contributed by atoms with E-state index in [9.17, 15) is 19.0 Å². The van der Waals surface area contributed by atoms with Crippen molar-refractivity contribution >= 4 is 19.3 Å². The molecular formula is C8H14NO6P. The first-order valence-corrected chi connectivity index (χ1v) is 6.84. The third-order valence-corrected chi connectivity index (χ3v) is 4.36. The number of carbonyl (C=O) groups is 2. The van der Waals surface area contributed by atoms with Gasteiger partial charge in [-0.25, -0.2) is 0 Å². The van der Waals surface area contributed by atoms with Crippen LogP contribution in [0.5, 0.6) is 0 Å². The van der Waals surface area contributed by atoms with E-state index in [0.29, 0.717) is 0 Å². The summed E-state index contributed by atoms with van der Waals surface area (Å²) in [5.41, 5.74) is 0. The molecule has 0 aromatic heterocycles. The van der Waals surface area contributed by atoms with Gasteiger partial charge in [-0.2, -0.15) is 0 Å². The van der Waals surface area contributed by atoms with Crippen molar-refractivity contribution in [1.29, 1.82) is 0 Å². The summed E-state index contributed by atoms with van der Waals surface area (Å²) in [5, 5.41) is 17.4. The smallest absolute Gasteiger partial charge is 0.321 e. The van der Waals surface area contributed by atoms with E-state index in [4.69, 9.17) is 10.2 Å². The van der Waals surface area contributed by atoms with Crippen LogP contribution in [0, 0.1) is 0 Å². The molecule has 0 bridgehead atoms. The van der Waals surface area contributed by atoms with Crippen LogP contribution in [-0.4, -0.2) is 63.4 Å². The van der Waals surface area contributed by atoms with Gasteiger partial charge in [-0.1, -0.05) is 0 Å². The fourth-order valence-electron chi connectivity index (χ4n) is 1.64. The van der Waals surface area contributed by atoms with Crippen LogP contribution in [-0.2, 0) is 14.2 Å². The molecule has 0 amide bonds. The largest absolute Gasteiger partial charge is 0.481 e. The molecule has 0 unspecified atom stereocenters. The summed E-state index contributed by atoms with van der Waals surface area (Å²) in [6.45, 7) is 0.302. The summed E-state index contributed by atoms with van der Waals surface area (Å²) in [5.74, 6) is -2.40. The van der Waals surface area contributed by atoms with Crippen LogP contribution in [0.4, 0.5) is 0 Å². The zero-order valence-corrected chi connectivity index (χ0v) is 9.47. The molecule has 0 aliphatic carbocycles. The van der Waals surface area contributed by atoms with Crippen LogP contribution in [0.15, 0.2) is 0 Å². The average Bonchev–Trinajstić information content (AvgIpc) is 2.14. The van der Waals surface area contributed by atoms with Crippen molar-refractivity contribution in [1.82, 2.24) is 4.90 Å². The molecule has 1 aliphatic rings. The maximum Gasteiger partial charge on any atom is 0.321 e. The van der Waals surface area contributed by atoms with Gasteiger partial charge in [-0.15, -0.1) is 0 Å². The van der Waals surface area contributed by atoms with Crippen molar-refractivity contribution in [3.63, 3.8) is 0 Å². The second kappa shape index (κ2) is 4.95. The molecule has 1 atom stereocenters. The number of hydrogen-bond acceptors (Lipinski definition) is 4. The molecule has 0 aromatic carbocycles. The van der Waals surface area contributed by atoms with Gasteiger partial charge >= 0.3 is 11.9 Å². The van der Waals surface area contributed by atoms with Crippen molar-refractivity contribution in [3.05, 3.63) is 0 Å². The highest BCUT2D eigenvalue weighted by atomic mass is 31.2. The van der Waals surface area contributed by atoms with E-state index in [0.717, 1.165) is 0 Å². The zero-order chi connectivity index (χ0) is 12.3. The molecule has 1 rings (SSSR count). The molecule has 1 aliphatic heterocycles. The first-order chi connectivity index (χ1) is 7.32. The topological polar surface area (TPSA) is 115 Å². The molecule has 0 radical (unpaired) electrons. The number of carboxylic acid groups (broad SMARTS) is 2. The number of rotatable bonds is 4. The Kier molecular flexibility index (Phi) is 4.07. The number of carboxylic acids is 2. The molecule has 0 aromatic rings. The number of aliphatic carboxylic acids is 2. The Morgan fingerprint density at radius 2 is 1.75 bits per heavy atom. The van der Waals surface area contributed by atoms with Crippen LogP contribution in [0.1, 0.15) is 6.42 Å². The maximum atomic E-state index is 11.3. The lowest BCUT2D eigenvalue weighted by atomic mass is 10.2. The van der Waals surface area contributed by atoms with Gasteiger partial charge < -0.3 is 15.1 Å². The lowest BCUT2D eigenvalue weighted by Crippen LogP contribution is -2.47. The summed E-state index contributed by atoms with van der Waals surface area (Å²) < 4.78 is 11.3. The minimum absolute atomic E-state index is 0.0242. The summed E-state index contributed by atoms with van der Waals surface area (Å²) >= 11 is 0. The third kappa shape index (κ3) is 3.59. The summed E-state index contributed by atoms with van der Waals surface area (Å²) in [7, 11) is -3.11. The first kappa shape index (κ1) is 13.2. The highest BCUT2D eigenvalue weighted by Gasteiger charge is 2.34. The van der Waals surface area contributed by atoms with Crippen LogP contribution >= 0.6 is 7.37 Å². The normalized spacial score (nSPS) is 22.6. The lowest BCUT2D eigenvalue weighted by Gasteiger charge is -2.33. The Bertz CT molecular complexity index is 331. The van der Waals surface area contributed by atoms with Crippen molar-refractivity contribution in [2.45, 2.75) is 12.5 Å². The van der Waals surface area contributed by atoms with E-state index in [1.165, 1.54) is 4.90 Å². The van der Waals surface area contributed by atoms with Gasteiger partial charge in [0.15, 0.2) is 0 Å². The molecular weight excluding hydrogens is 237 g/mol. The average molecular weight is 251 g/mol. The van der Waals surface area contributed by atoms with Crippen LogP contribution in [0.3, 0.4) is 0 Å². The maximum absolute atomic E-state index is 11.3. The molecule has 1 saturated heterocycles. The lowest BCUT2D eigenvalue weighted by molar-refractivity contribution is -0.149. The van der Waals surface area contributed by atoms with E-state index in [1.54, 1.807) is 0 Å². The number of nitrogens with zero attached hydrogens (tertiary/aromatic N) is 1. The highest BCUT2D eigenvalue weighted by molar-refractivity contribution is 7.58. The van der Waals surface area contributed by atoms with Crippen molar-refractivity contribution < 1.29 is 29.3 Å². The Balaban J connectivity index is 2.64. The SMILES string of the molecule is O=C(O)C[C@@H](C(=O)O)N1CCP(=O)(O)CC1. The van der Waals surface area contributed by atoms with E-state index >= 15 is 0 Å². The third-order valence-electron chi connectivity index (χ3n) is 2.57. The molecule has 1 heterocycles. The number of hydrogen-bond donors (Lipinski definition) is 3. The fourth-order valence-corrected chi connectivity index (χ4v) is 3.01. The van der Waals surface area contributed by atoms with E-state index in [-0.39, 0.29) is 25.4 Å². The van der Waals surface area contributed by atoms with E-state index in [2.05, 4.69) is 0 Å². The quantitative estimate of drug-likeness (QED) is 0.577. The van der Waals surface area contributed by atoms with Crippen molar-refractivity contribution in [3.8, 4) is 0 Å². The Labute approximate surface area is 92.1 Å². The van der Waals surface area contributed by atoms with Crippen LogP contribution < -0.4 is 0 Å². The monoisotopic (exact) mass is 251 g/mol. The van der Waals surface area contributed by atoms with Gasteiger partial charge in [0.1, 0.15) is 6.04 Å². The predicted molar refractivity (Wildman–Crippen MR) is 54.8 cm³/mol. The van der Waals surface area contributed by atoms with E-state index < -0.39 is 31.8 Å². The molecule has 16 heavy (non-hydrogen) atoms. The molecule has 3 N–H and O–H groups in total. The minimum atomic E-state index is -3.11. The Morgan fingerprint density at radius 1 is 1.25 bits per heavy atom. The first-order valence-electron chi connectivity index (χ1n) is 4.81. The zero-order valence-electron chi connectivity index (χ0n) is 8.57. The standard InChI is InChI=1S/C8H14NO6P/c10-7(11)5-6(8(12)13)9-1-3-16(14,15)4-2-9/h6H,1-5H2,(H,10,11)(H,12,13)(H,14,15)/t6-/m0/s1. The van der Waals surface area contributed by atoms with Crippen LogP contribution in [0.2, 0.25) is 0 Å². The van der Waals surface area contributed by atoms with Gasteiger partial charge in [0, 0.05) is 25.4 Å². The van der Waals surface area contributed by atoms with Crippen molar-refractivity contribution in [2.24, 2.45) is 0 Å². The van der Waals surface area contributed by atoms with Gasteiger partial charge in [0.2, 0.25) is 7.37 Å². The molecule has 92 valence electrons. The summed E-state index contributed by atoms with van der Waals surface area (Å²) in [6.07, 6.45) is -0.447. The molecule has 7 nitrogen and oxygen atoms in total. The van der Waals surface area contributed by atoms with Gasteiger partial charge in [-0.05, 0) is 0 Å². The fraction of sp³-hybridized carbons (Fsp3) is 0.750. The van der Waals surface area contributed by atoms with Crippen molar-refractivity contribution in [2.75, 3.05) is 25.4 Å². The van der Waals surface area contributed by atoms with Gasteiger partial charge in [0.25, 0.3) is 0 Å². The van der Waals surface area contributed by atoms with Crippen LogP contribution in [0.25, 0.3) is 0 Å². The highest BCUT2D eigenvalue weighted by Crippen LogP contribution is 2.42. The molecule has 8 heteroatoms. The summed E-state index contributed by atoms with van der Waals surface area (Å²) in [6, 6.07) is -1.11. The van der Waals surface area contributed by atoms with E-state index in [1.807, 2.05) is 0 Å². The van der Waals surface area contributed by atoms with Gasteiger partial charge in [-0.3, -0.25) is 19.1 Å². The minimum Gasteiger partial charge on any atom is -0.481 e. The molecule has 0 spiro atoms. The predicted octanol–water partition coefficient (Wildman–Crippen LogP) is -0.500. The Morgan fingerprint density at radius 3 is 2.12 bits per heavy atom.